The third-order valence-corrected chi connectivity index (χ3v) is 9.86. The van der Waals surface area contributed by atoms with Gasteiger partial charge in [-0.3, -0.25) is 0 Å². The molecule has 9 aromatic rings. The molecule has 0 atom stereocenters. The van der Waals surface area contributed by atoms with Crippen LogP contribution in [-0.2, 0) is 11.3 Å². The molecule has 10 rings (SSSR count). The first-order valence-electron chi connectivity index (χ1n) is 16.5. The summed E-state index contributed by atoms with van der Waals surface area (Å²) in [6.45, 7) is 1.19. The Labute approximate surface area is 278 Å². The topological polar surface area (TPSA) is 31.1 Å². The van der Waals surface area contributed by atoms with Crippen LogP contribution >= 0.6 is 0 Å². The molecule has 2 aromatic heterocycles. The summed E-state index contributed by atoms with van der Waals surface area (Å²) in [5, 5.41) is 8.33. The van der Waals surface area contributed by atoms with Gasteiger partial charge in [0.05, 0.1) is 28.7 Å². The van der Waals surface area contributed by atoms with Crippen molar-refractivity contribution in [3.05, 3.63) is 163 Å². The fraction of sp³-hybridized carbons (Fsp3) is 0.0455. The zero-order chi connectivity index (χ0) is 31.6. The molecule has 4 heteroatoms. The van der Waals surface area contributed by atoms with E-state index in [1.54, 1.807) is 0 Å². The SMILES string of the molecule is c1ccc(-n2c3ccccc3c3cc(-c4ccc5c(c4)c4cc(-c6ccc7c(c6)COCN7)ccc4n5-c4ccccc4)ccc32)cc1. The van der Waals surface area contributed by atoms with Crippen molar-refractivity contribution in [1.82, 2.24) is 9.13 Å². The second kappa shape index (κ2) is 10.7. The summed E-state index contributed by atoms with van der Waals surface area (Å²) in [5.74, 6) is 0. The van der Waals surface area contributed by atoms with Crippen molar-refractivity contribution in [2.24, 2.45) is 0 Å². The molecule has 0 unspecified atom stereocenters. The summed E-state index contributed by atoms with van der Waals surface area (Å²) in [6.07, 6.45) is 0. The number of fused-ring (bicyclic) bond motifs is 7. The summed E-state index contributed by atoms with van der Waals surface area (Å²) in [5.41, 5.74) is 14.3. The van der Waals surface area contributed by atoms with E-state index >= 15 is 0 Å². The predicted molar refractivity (Wildman–Crippen MR) is 199 cm³/mol. The van der Waals surface area contributed by atoms with E-state index in [0.29, 0.717) is 13.3 Å². The van der Waals surface area contributed by atoms with Gasteiger partial charge >= 0.3 is 0 Å². The van der Waals surface area contributed by atoms with Crippen LogP contribution in [0.4, 0.5) is 5.69 Å². The maximum absolute atomic E-state index is 5.68. The highest BCUT2D eigenvalue weighted by atomic mass is 16.5. The number of hydrogen-bond donors (Lipinski definition) is 1. The number of rotatable bonds is 4. The molecule has 7 aromatic carbocycles. The van der Waals surface area contributed by atoms with Crippen molar-refractivity contribution in [2.75, 3.05) is 12.0 Å². The van der Waals surface area contributed by atoms with Gasteiger partial charge in [0, 0.05) is 44.2 Å². The molecule has 4 nitrogen and oxygen atoms in total. The minimum Gasteiger partial charge on any atom is -0.362 e. The average Bonchev–Trinajstić information content (AvgIpc) is 3.67. The number of ether oxygens (including phenoxy) is 1. The fourth-order valence-corrected chi connectivity index (χ4v) is 7.60. The molecule has 1 aliphatic heterocycles. The monoisotopic (exact) mass is 617 g/mol. The van der Waals surface area contributed by atoms with Gasteiger partial charge in [0.25, 0.3) is 0 Å². The number of para-hydroxylation sites is 3. The van der Waals surface area contributed by atoms with Crippen molar-refractivity contribution in [3.8, 4) is 33.6 Å². The van der Waals surface area contributed by atoms with E-state index in [0.717, 1.165) is 11.4 Å². The maximum Gasteiger partial charge on any atom is 0.116 e. The van der Waals surface area contributed by atoms with Crippen LogP contribution in [0.15, 0.2) is 158 Å². The first-order chi connectivity index (χ1) is 23.8. The van der Waals surface area contributed by atoms with E-state index in [1.807, 2.05) is 0 Å². The van der Waals surface area contributed by atoms with Crippen LogP contribution in [0.1, 0.15) is 5.56 Å². The Bertz CT molecular complexity index is 2670. The van der Waals surface area contributed by atoms with E-state index < -0.39 is 0 Å². The van der Waals surface area contributed by atoms with Crippen LogP contribution in [0.5, 0.6) is 0 Å². The molecule has 0 radical (unpaired) electrons. The Hall–Kier alpha value is -6.10. The Balaban J connectivity index is 1.18. The molecule has 228 valence electrons. The van der Waals surface area contributed by atoms with Crippen molar-refractivity contribution in [1.29, 1.82) is 0 Å². The van der Waals surface area contributed by atoms with Crippen molar-refractivity contribution in [3.63, 3.8) is 0 Å². The van der Waals surface area contributed by atoms with Crippen LogP contribution in [0.2, 0.25) is 0 Å². The van der Waals surface area contributed by atoms with E-state index in [4.69, 9.17) is 4.74 Å². The number of aromatic nitrogens is 2. The lowest BCUT2D eigenvalue weighted by molar-refractivity contribution is 0.130. The predicted octanol–water partition coefficient (Wildman–Crippen LogP) is 11.1. The molecule has 0 saturated heterocycles. The van der Waals surface area contributed by atoms with Crippen molar-refractivity contribution in [2.45, 2.75) is 6.61 Å². The third-order valence-electron chi connectivity index (χ3n) is 9.86. The minimum absolute atomic E-state index is 0.557. The summed E-state index contributed by atoms with van der Waals surface area (Å²) in [4.78, 5) is 0. The standard InChI is InChI=1S/C44H31N3O/c1-3-9-34(10-4-1)46-41-14-8-7-13-36(41)37-24-31(17-20-42(37)46)32-18-22-44-39(26-32)38-25-30(29-15-19-40-33(23-29)27-48-28-45-40)16-21-43(38)47(44)35-11-5-2-6-12-35/h1-26,45H,27-28H2. The molecule has 1 N–H and O–H groups in total. The smallest absolute Gasteiger partial charge is 0.116 e. The van der Waals surface area contributed by atoms with E-state index in [-0.39, 0.29) is 0 Å². The highest BCUT2D eigenvalue weighted by molar-refractivity contribution is 6.13. The molecular weight excluding hydrogens is 587 g/mol. The van der Waals surface area contributed by atoms with E-state index in [2.05, 4.69) is 172 Å². The van der Waals surface area contributed by atoms with E-state index in [9.17, 15) is 0 Å². The first-order valence-corrected chi connectivity index (χ1v) is 16.5. The molecule has 48 heavy (non-hydrogen) atoms. The summed E-state index contributed by atoms with van der Waals surface area (Å²) >= 11 is 0. The summed E-state index contributed by atoms with van der Waals surface area (Å²) in [6, 6.07) is 57.4. The zero-order valence-electron chi connectivity index (χ0n) is 26.2. The quantitative estimate of drug-likeness (QED) is 0.213. The number of nitrogens with one attached hydrogen (secondary N) is 1. The lowest BCUT2D eigenvalue weighted by Gasteiger charge is -2.19. The average molecular weight is 618 g/mol. The van der Waals surface area contributed by atoms with E-state index in [1.165, 1.54) is 77.1 Å². The van der Waals surface area contributed by atoms with Crippen LogP contribution < -0.4 is 5.32 Å². The molecule has 0 saturated carbocycles. The summed E-state index contributed by atoms with van der Waals surface area (Å²) in [7, 11) is 0. The second-order valence-corrected chi connectivity index (χ2v) is 12.6. The van der Waals surface area contributed by atoms with Crippen molar-refractivity contribution < 1.29 is 4.74 Å². The molecule has 0 fully saturated rings. The lowest BCUT2D eigenvalue weighted by Crippen LogP contribution is -2.14. The number of nitrogens with zero attached hydrogens (tertiary/aromatic N) is 2. The highest BCUT2D eigenvalue weighted by Crippen LogP contribution is 2.40. The van der Waals surface area contributed by atoms with Gasteiger partial charge in [-0.15, -0.1) is 0 Å². The zero-order valence-corrected chi connectivity index (χ0v) is 26.2. The van der Waals surface area contributed by atoms with Crippen LogP contribution in [-0.4, -0.2) is 15.9 Å². The van der Waals surface area contributed by atoms with Gasteiger partial charge in [-0.2, -0.15) is 0 Å². The van der Waals surface area contributed by atoms with Gasteiger partial charge in [0.15, 0.2) is 0 Å². The first kappa shape index (κ1) is 27.1. The number of benzene rings is 7. The maximum atomic E-state index is 5.68. The number of anilines is 1. The highest BCUT2D eigenvalue weighted by Gasteiger charge is 2.17. The molecule has 3 heterocycles. The fourth-order valence-electron chi connectivity index (χ4n) is 7.60. The molecule has 0 spiro atoms. The Morgan fingerprint density at radius 2 is 0.875 bits per heavy atom. The van der Waals surface area contributed by atoms with Gasteiger partial charge < -0.3 is 19.2 Å². The summed E-state index contributed by atoms with van der Waals surface area (Å²) < 4.78 is 10.4. The van der Waals surface area contributed by atoms with Crippen LogP contribution in [0.25, 0.3) is 77.2 Å². The van der Waals surface area contributed by atoms with Gasteiger partial charge in [0.2, 0.25) is 0 Å². The van der Waals surface area contributed by atoms with Gasteiger partial charge in [-0.05, 0) is 101 Å². The van der Waals surface area contributed by atoms with Gasteiger partial charge in [-0.25, -0.2) is 0 Å². The molecule has 0 amide bonds. The Kier molecular flexibility index (Phi) is 6.05. The molecule has 1 aliphatic rings. The normalized spacial score (nSPS) is 12.9. The van der Waals surface area contributed by atoms with Crippen molar-refractivity contribution >= 4 is 49.3 Å². The third kappa shape index (κ3) is 4.20. The lowest BCUT2D eigenvalue weighted by atomic mass is 9.98. The van der Waals surface area contributed by atoms with Gasteiger partial charge in [0.1, 0.15) is 6.73 Å². The molecular formula is C44H31N3O. The Morgan fingerprint density at radius 3 is 1.46 bits per heavy atom. The van der Waals surface area contributed by atoms with Gasteiger partial charge in [-0.1, -0.05) is 78.9 Å². The molecule has 0 bridgehead atoms. The van der Waals surface area contributed by atoms with Crippen LogP contribution in [0, 0.1) is 0 Å². The largest absolute Gasteiger partial charge is 0.362 e. The molecule has 0 aliphatic carbocycles. The van der Waals surface area contributed by atoms with Crippen LogP contribution in [0.3, 0.4) is 0 Å². The number of hydrogen-bond acceptors (Lipinski definition) is 2. The minimum atomic E-state index is 0.557. The Morgan fingerprint density at radius 1 is 0.417 bits per heavy atom. The second-order valence-electron chi connectivity index (χ2n) is 12.6.